The van der Waals surface area contributed by atoms with E-state index in [1.165, 1.54) is 25.1 Å². The van der Waals surface area contributed by atoms with E-state index in [0.717, 1.165) is 5.56 Å². The van der Waals surface area contributed by atoms with Gasteiger partial charge in [0, 0.05) is 6.92 Å². The zero-order valence-electron chi connectivity index (χ0n) is 10.9. The van der Waals surface area contributed by atoms with Crippen LogP contribution in [0.4, 0.5) is 0 Å². The Balaban J connectivity index is 2.80. The Kier molecular flexibility index (Phi) is 5.26. The van der Waals surface area contributed by atoms with Crippen molar-refractivity contribution in [2.45, 2.75) is 24.8 Å². The summed E-state index contributed by atoms with van der Waals surface area (Å²) in [5.74, 6) is -0.471. The minimum Gasteiger partial charge on any atom is -0.464 e. The molecule has 0 aliphatic heterocycles. The highest BCUT2D eigenvalue weighted by Gasteiger charge is 2.18. The normalized spacial score (nSPS) is 12.7. The molecule has 5 nitrogen and oxygen atoms in total. The second-order valence-electron chi connectivity index (χ2n) is 4.08. The molecule has 0 saturated heterocycles. The zero-order chi connectivity index (χ0) is 14.5. The summed E-state index contributed by atoms with van der Waals surface area (Å²) in [5, 5.41) is 0. The number of aryl methyl sites for hydroxylation is 1. The summed E-state index contributed by atoms with van der Waals surface area (Å²) in [4.78, 5) is 10.9. The minimum absolute atomic E-state index is 0.0794. The number of hydrogen-bond donors (Lipinski definition) is 1. The van der Waals surface area contributed by atoms with E-state index < -0.39 is 22.0 Å². The highest BCUT2D eigenvalue weighted by atomic mass is 32.2. The maximum Gasteiger partial charge on any atom is 0.302 e. The van der Waals surface area contributed by atoms with E-state index >= 15 is 0 Å². The number of carbonyl (C=O) groups is 1. The van der Waals surface area contributed by atoms with Gasteiger partial charge in [-0.25, -0.2) is 13.1 Å². The summed E-state index contributed by atoms with van der Waals surface area (Å²) < 4.78 is 31.3. The molecule has 1 unspecified atom stereocenters. The Labute approximate surface area is 113 Å². The molecule has 0 bridgehead atoms. The third kappa shape index (κ3) is 4.84. The SMILES string of the molecule is C=CC(COC(C)=O)NS(=O)(=O)c1ccc(C)cc1. The van der Waals surface area contributed by atoms with Crippen LogP contribution in [0.15, 0.2) is 41.8 Å². The van der Waals surface area contributed by atoms with E-state index in [-0.39, 0.29) is 11.5 Å². The van der Waals surface area contributed by atoms with E-state index in [0.29, 0.717) is 0 Å². The average molecular weight is 283 g/mol. The summed E-state index contributed by atoms with van der Waals surface area (Å²) in [6.07, 6.45) is 1.38. The highest BCUT2D eigenvalue weighted by Crippen LogP contribution is 2.10. The number of esters is 1. The first-order chi connectivity index (χ1) is 8.85. The number of sulfonamides is 1. The minimum atomic E-state index is -3.65. The van der Waals surface area contributed by atoms with Crippen LogP contribution in [0.2, 0.25) is 0 Å². The van der Waals surface area contributed by atoms with Crippen molar-refractivity contribution < 1.29 is 17.9 Å². The van der Waals surface area contributed by atoms with E-state index in [9.17, 15) is 13.2 Å². The second-order valence-corrected chi connectivity index (χ2v) is 5.79. The van der Waals surface area contributed by atoms with Crippen LogP contribution in [0, 0.1) is 6.92 Å². The van der Waals surface area contributed by atoms with E-state index in [4.69, 9.17) is 4.74 Å². The number of hydrogen-bond acceptors (Lipinski definition) is 4. The van der Waals surface area contributed by atoms with Gasteiger partial charge < -0.3 is 4.74 Å². The lowest BCUT2D eigenvalue weighted by Gasteiger charge is -2.14. The van der Waals surface area contributed by atoms with Gasteiger partial charge in [0.1, 0.15) is 6.61 Å². The molecule has 1 aromatic rings. The molecule has 0 spiro atoms. The monoisotopic (exact) mass is 283 g/mol. The van der Waals surface area contributed by atoms with Gasteiger partial charge in [0.05, 0.1) is 10.9 Å². The molecule has 104 valence electrons. The van der Waals surface area contributed by atoms with Crippen molar-refractivity contribution in [3.05, 3.63) is 42.5 Å². The highest BCUT2D eigenvalue weighted by molar-refractivity contribution is 7.89. The van der Waals surface area contributed by atoms with Gasteiger partial charge in [-0.05, 0) is 19.1 Å². The molecule has 1 aromatic carbocycles. The van der Waals surface area contributed by atoms with Gasteiger partial charge in [-0.15, -0.1) is 6.58 Å². The van der Waals surface area contributed by atoms with Crippen molar-refractivity contribution in [1.29, 1.82) is 0 Å². The molecule has 0 heterocycles. The van der Waals surface area contributed by atoms with Crippen LogP contribution >= 0.6 is 0 Å². The molecule has 19 heavy (non-hydrogen) atoms. The molecule has 0 aromatic heterocycles. The predicted molar refractivity (Wildman–Crippen MR) is 72.1 cm³/mol. The van der Waals surface area contributed by atoms with Crippen molar-refractivity contribution in [3.8, 4) is 0 Å². The van der Waals surface area contributed by atoms with Crippen molar-refractivity contribution >= 4 is 16.0 Å². The maximum absolute atomic E-state index is 12.1. The molecule has 0 amide bonds. The number of ether oxygens (including phenoxy) is 1. The molecular weight excluding hydrogens is 266 g/mol. The van der Waals surface area contributed by atoms with Gasteiger partial charge in [-0.1, -0.05) is 23.8 Å². The molecule has 6 heteroatoms. The lowest BCUT2D eigenvalue weighted by atomic mass is 10.2. The van der Waals surface area contributed by atoms with E-state index in [1.54, 1.807) is 12.1 Å². The number of carbonyl (C=O) groups excluding carboxylic acids is 1. The Morgan fingerprint density at radius 3 is 2.47 bits per heavy atom. The van der Waals surface area contributed by atoms with Crippen LogP contribution in [-0.2, 0) is 19.6 Å². The van der Waals surface area contributed by atoms with E-state index in [2.05, 4.69) is 11.3 Å². The summed E-state index contributed by atoms with van der Waals surface area (Å²) in [6.45, 7) is 6.56. The fourth-order valence-corrected chi connectivity index (χ4v) is 2.54. The Morgan fingerprint density at radius 1 is 1.42 bits per heavy atom. The fourth-order valence-electron chi connectivity index (χ4n) is 1.34. The van der Waals surface area contributed by atoms with Crippen molar-refractivity contribution in [1.82, 2.24) is 4.72 Å². The molecule has 1 N–H and O–H groups in total. The molecule has 0 radical (unpaired) electrons. The Bertz CT molecular complexity index is 549. The van der Waals surface area contributed by atoms with Gasteiger partial charge >= 0.3 is 5.97 Å². The van der Waals surface area contributed by atoms with Gasteiger partial charge in [0.25, 0.3) is 0 Å². The molecule has 0 saturated carbocycles. The quantitative estimate of drug-likeness (QED) is 0.632. The number of nitrogens with one attached hydrogen (secondary N) is 1. The van der Waals surface area contributed by atoms with Crippen LogP contribution in [0.25, 0.3) is 0 Å². The topological polar surface area (TPSA) is 72.5 Å². The smallest absolute Gasteiger partial charge is 0.302 e. The van der Waals surface area contributed by atoms with Crippen molar-refractivity contribution in [3.63, 3.8) is 0 Å². The van der Waals surface area contributed by atoms with E-state index in [1.807, 2.05) is 6.92 Å². The zero-order valence-corrected chi connectivity index (χ0v) is 11.7. The Morgan fingerprint density at radius 2 is 2.00 bits per heavy atom. The Hall–Kier alpha value is -1.66. The molecule has 0 aliphatic rings. The van der Waals surface area contributed by atoms with Crippen LogP contribution < -0.4 is 4.72 Å². The number of rotatable bonds is 6. The molecular formula is C13H17NO4S. The van der Waals surface area contributed by atoms with Crippen molar-refractivity contribution in [2.24, 2.45) is 0 Å². The molecule has 0 aliphatic carbocycles. The summed E-state index contributed by atoms with van der Waals surface area (Å²) in [6, 6.07) is 5.80. The first kappa shape index (κ1) is 15.4. The van der Waals surface area contributed by atoms with Gasteiger partial charge in [0.15, 0.2) is 0 Å². The van der Waals surface area contributed by atoms with Gasteiger partial charge in [0.2, 0.25) is 10.0 Å². The average Bonchev–Trinajstić information content (AvgIpc) is 2.34. The maximum atomic E-state index is 12.1. The lowest BCUT2D eigenvalue weighted by Crippen LogP contribution is -2.37. The van der Waals surface area contributed by atoms with Crippen LogP contribution in [0.1, 0.15) is 12.5 Å². The first-order valence-electron chi connectivity index (χ1n) is 5.70. The largest absolute Gasteiger partial charge is 0.464 e. The third-order valence-electron chi connectivity index (χ3n) is 2.39. The van der Waals surface area contributed by atoms with Crippen molar-refractivity contribution in [2.75, 3.05) is 6.61 Å². The lowest BCUT2D eigenvalue weighted by molar-refractivity contribution is -0.141. The van der Waals surface area contributed by atoms with Crippen LogP contribution in [0.3, 0.4) is 0 Å². The first-order valence-corrected chi connectivity index (χ1v) is 7.18. The summed E-state index contributed by atoms with van der Waals surface area (Å²) in [7, 11) is -3.65. The van der Waals surface area contributed by atoms with Gasteiger partial charge in [-0.3, -0.25) is 4.79 Å². The summed E-state index contributed by atoms with van der Waals surface area (Å²) in [5.41, 5.74) is 0.971. The number of benzene rings is 1. The van der Waals surface area contributed by atoms with Gasteiger partial charge in [-0.2, -0.15) is 0 Å². The summed E-state index contributed by atoms with van der Waals surface area (Å²) >= 11 is 0. The molecule has 1 rings (SSSR count). The fraction of sp³-hybridized carbons (Fsp3) is 0.308. The third-order valence-corrected chi connectivity index (χ3v) is 3.89. The van der Waals surface area contributed by atoms with Crippen LogP contribution in [0.5, 0.6) is 0 Å². The standard InChI is InChI=1S/C13H17NO4S/c1-4-12(9-18-11(3)15)14-19(16,17)13-7-5-10(2)6-8-13/h4-8,12,14H,1,9H2,2-3H3. The second kappa shape index (κ2) is 6.49. The van der Waals surface area contributed by atoms with Crippen LogP contribution in [-0.4, -0.2) is 27.0 Å². The predicted octanol–water partition coefficient (Wildman–Crippen LogP) is 1.39. The molecule has 1 atom stereocenters. The molecule has 0 fully saturated rings.